The Balaban J connectivity index is 1.78. The quantitative estimate of drug-likeness (QED) is 0.833. The second-order valence-corrected chi connectivity index (χ2v) is 5.11. The first-order valence-electron chi connectivity index (χ1n) is 6.50. The summed E-state index contributed by atoms with van der Waals surface area (Å²) in [5.74, 6) is 2.72. The van der Waals surface area contributed by atoms with Gasteiger partial charge in [-0.3, -0.25) is 4.90 Å². The molecule has 1 fully saturated rings. The molecule has 2 unspecified atom stereocenters. The third kappa shape index (κ3) is 2.34. The van der Waals surface area contributed by atoms with E-state index < -0.39 is 0 Å². The van der Waals surface area contributed by atoms with Gasteiger partial charge in [-0.1, -0.05) is 12.1 Å². The summed E-state index contributed by atoms with van der Waals surface area (Å²) in [6, 6.07) is 6.31. The molecule has 0 N–H and O–H groups in total. The van der Waals surface area contributed by atoms with Crippen LogP contribution in [0.3, 0.4) is 0 Å². The molecule has 0 bridgehead atoms. The summed E-state index contributed by atoms with van der Waals surface area (Å²) in [7, 11) is 0. The highest BCUT2D eigenvalue weighted by Crippen LogP contribution is 2.35. The van der Waals surface area contributed by atoms with Gasteiger partial charge in [-0.15, -0.1) is 0 Å². The van der Waals surface area contributed by atoms with E-state index in [4.69, 9.17) is 8.94 Å². The summed E-state index contributed by atoms with van der Waals surface area (Å²) in [6.45, 7) is 4.19. The average Bonchev–Trinajstić information content (AvgIpc) is 3.04. The van der Waals surface area contributed by atoms with Gasteiger partial charge in [0.05, 0.1) is 25.0 Å². The van der Waals surface area contributed by atoms with Crippen LogP contribution in [0, 0.1) is 5.92 Å². The Morgan fingerprint density at radius 2 is 2.39 bits per heavy atom. The van der Waals surface area contributed by atoms with Crippen molar-refractivity contribution in [2.24, 2.45) is 5.92 Å². The molecule has 2 atom stereocenters. The maximum atomic E-state index is 5.58. The average molecular weight is 246 g/mol. The minimum absolute atomic E-state index is 0.355. The topological polar surface area (TPSA) is 42.4 Å². The van der Waals surface area contributed by atoms with Gasteiger partial charge in [0.1, 0.15) is 5.76 Å². The molecule has 2 aromatic heterocycles. The number of nitrogens with zero attached hydrogens (tertiary/aromatic N) is 2. The van der Waals surface area contributed by atoms with E-state index in [-0.39, 0.29) is 0 Å². The van der Waals surface area contributed by atoms with Crippen molar-refractivity contribution in [2.45, 2.75) is 32.4 Å². The molecule has 0 aromatic carbocycles. The van der Waals surface area contributed by atoms with Crippen LogP contribution in [0.25, 0.3) is 0 Å². The lowest BCUT2D eigenvalue weighted by Crippen LogP contribution is -2.35. The van der Waals surface area contributed by atoms with Gasteiger partial charge in [0.25, 0.3) is 0 Å². The molecule has 1 saturated heterocycles. The van der Waals surface area contributed by atoms with Gasteiger partial charge in [0, 0.05) is 6.07 Å². The van der Waals surface area contributed by atoms with Crippen molar-refractivity contribution in [3.05, 3.63) is 42.2 Å². The normalized spacial score (nSPS) is 25.4. The van der Waals surface area contributed by atoms with Crippen LogP contribution in [0.15, 0.2) is 39.6 Å². The number of likely N-dealkylation sites (tertiary alicyclic amines) is 1. The van der Waals surface area contributed by atoms with Crippen molar-refractivity contribution in [1.29, 1.82) is 0 Å². The lowest BCUT2D eigenvalue weighted by Gasteiger charge is -2.36. The highest BCUT2D eigenvalue weighted by molar-refractivity contribution is 5.07. The lowest BCUT2D eigenvalue weighted by molar-refractivity contribution is 0.0850. The zero-order valence-corrected chi connectivity index (χ0v) is 10.6. The number of piperidine rings is 1. The monoisotopic (exact) mass is 246 g/mol. The lowest BCUT2D eigenvalue weighted by atomic mass is 9.91. The van der Waals surface area contributed by atoms with Crippen LogP contribution in [0.4, 0.5) is 0 Å². The molecule has 1 aliphatic heterocycles. The van der Waals surface area contributed by atoms with Crippen LogP contribution in [0.5, 0.6) is 0 Å². The van der Waals surface area contributed by atoms with Crippen LogP contribution >= 0.6 is 0 Å². The van der Waals surface area contributed by atoms with Crippen molar-refractivity contribution in [3.63, 3.8) is 0 Å². The van der Waals surface area contributed by atoms with E-state index in [9.17, 15) is 0 Å². The first-order chi connectivity index (χ1) is 8.83. The molecule has 0 amide bonds. The molecule has 1 aliphatic rings. The van der Waals surface area contributed by atoms with Crippen molar-refractivity contribution in [1.82, 2.24) is 10.1 Å². The zero-order chi connectivity index (χ0) is 12.4. The predicted octanol–water partition coefficient (Wildman–Crippen LogP) is 3.24. The molecule has 3 heterocycles. The summed E-state index contributed by atoms with van der Waals surface area (Å²) in [4.78, 5) is 2.42. The SMILES string of the molecule is CC1CCN(Cc2ccno2)C(c2ccco2)C1. The largest absolute Gasteiger partial charge is 0.468 e. The van der Waals surface area contributed by atoms with E-state index in [1.807, 2.05) is 12.1 Å². The second kappa shape index (κ2) is 4.98. The third-order valence-corrected chi connectivity index (χ3v) is 3.70. The van der Waals surface area contributed by atoms with Gasteiger partial charge < -0.3 is 8.94 Å². The maximum absolute atomic E-state index is 5.58. The standard InChI is InChI=1S/C14H18N2O2/c1-11-5-7-16(10-12-4-6-15-18-12)13(9-11)14-3-2-8-17-14/h2-4,6,8,11,13H,5,7,9-10H2,1H3. The van der Waals surface area contributed by atoms with E-state index in [2.05, 4.69) is 23.0 Å². The predicted molar refractivity (Wildman–Crippen MR) is 66.8 cm³/mol. The highest BCUT2D eigenvalue weighted by atomic mass is 16.5. The van der Waals surface area contributed by atoms with Crippen LogP contribution in [0.2, 0.25) is 0 Å². The summed E-state index contributed by atoms with van der Waals surface area (Å²) >= 11 is 0. The van der Waals surface area contributed by atoms with E-state index in [0.29, 0.717) is 6.04 Å². The van der Waals surface area contributed by atoms with Gasteiger partial charge in [-0.05, 0) is 37.4 Å². The Kier molecular flexibility index (Phi) is 3.19. The highest BCUT2D eigenvalue weighted by Gasteiger charge is 2.29. The third-order valence-electron chi connectivity index (χ3n) is 3.70. The fourth-order valence-electron chi connectivity index (χ4n) is 2.68. The smallest absolute Gasteiger partial charge is 0.150 e. The number of furan rings is 1. The Morgan fingerprint density at radius 3 is 3.11 bits per heavy atom. The van der Waals surface area contributed by atoms with Crippen molar-refractivity contribution in [3.8, 4) is 0 Å². The molecule has 3 rings (SSSR count). The summed E-state index contributed by atoms with van der Waals surface area (Å²) in [6.07, 6.45) is 5.82. The Morgan fingerprint density at radius 1 is 1.44 bits per heavy atom. The molecule has 0 spiro atoms. The minimum atomic E-state index is 0.355. The van der Waals surface area contributed by atoms with Crippen molar-refractivity contribution >= 4 is 0 Å². The fourth-order valence-corrected chi connectivity index (χ4v) is 2.68. The fraction of sp³-hybridized carbons (Fsp3) is 0.500. The van der Waals surface area contributed by atoms with Crippen molar-refractivity contribution < 1.29 is 8.94 Å². The number of aromatic nitrogens is 1. The molecule has 0 aliphatic carbocycles. The molecule has 4 heteroatoms. The first-order valence-corrected chi connectivity index (χ1v) is 6.50. The van der Waals surface area contributed by atoms with Gasteiger partial charge in [0.15, 0.2) is 5.76 Å². The summed E-state index contributed by atoms with van der Waals surface area (Å²) < 4.78 is 10.8. The maximum Gasteiger partial charge on any atom is 0.150 e. The van der Waals surface area contributed by atoms with Gasteiger partial charge >= 0.3 is 0 Å². The number of hydrogen-bond acceptors (Lipinski definition) is 4. The van der Waals surface area contributed by atoms with E-state index >= 15 is 0 Å². The van der Waals surface area contributed by atoms with Gasteiger partial charge in [-0.25, -0.2) is 0 Å². The molecule has 2 aromatic rings. The number of rotatable bonds is 3. The molecule has 0 saturated carbocycles. The van der Waals surface area contributed by atoms with E-state index in [1.165, 1.54) is 6.42 Å². The minimum Gasteiger partial charge on any atom is -0.468 e. The van der Waals surface area contributed by atoms with E-state index in [0.717, 1.165) is 36.9 Å². The van der Waals surface area contributed by atoms with Crippen molar-refractivity contribution in [2.75, 3.05) is 6.54 Å². The van der Waals surface area contributed by atoms with Crippen LogP contribution in [0.1, 0.15) is 37.3 Å². The van der Waals surface area contributed by atoms with Crippen LogP contribution < -0.4 is 0 Å². The van der Waals surface area contributed by atoms with Gasteiger partial charge in [-0.2, -0.15) is 0 Å². The first kappa shape index (κ1) is 11.5. The Labute approximate surface area is 107 Å². The Bertz CT molecular complexity index is 464. The molecular weight excluding hydrogens is 228 g/mol. The summed E-state index contributed by atoms with van der Waals surface area (Å²) in [5, 5.41) is 3.77. The number of hydrogen-bond donors (Lipinski definition) is 0. The molecular formula is C14H18N2O2. The molecule has 96 valence electrons. The van der Waals surface area contributed by atoms with Crippen LogP contribution in [-0.2, 0) is 6.54 Å². The molecule has 0 radical (unpaired) electrons. The van der Waals surface area contributed by atoms with E-state index in [1.54, 1.807) is 12.5 Å². The summed E-state index contributed by atoms with van der Waals surface area (Å²) in [5.41, 5.74) is 0. The van der Waals surface area contributed by atoms with Gasteiger partial charge in [0.2, 0.25) is 0 Å². The Hall–Kier alpha value is -1.55. The zero-order valence-electron chi connectivity index (χ0n) is 10.6. The molecule has 18 heavy (non-hydrogen) atoms. The molecule has 4 nitrogen and oxygen atoms in total. The van der Waals surface area contributed by atoms with Crippen LogP contribution in [-0.4, -0.2) is 16.6 Å². The second-order valence-electron chi connectivity index (χ2n) is 5.11.